The molecule has 0 aliphatic carbocycles. The molecule has 0 spiro atoms. The van der Waals surface area contributed by atoms with E-state index < -0.39 is 5.82 Å². The summed E-state index contributed by atoms with van der Waals surface area (Å²) in [5, 5.41) is 2.81. The zero-order valence-corrected chi connectivity index (χ0v) is 12.5. The summed E-state index contributed by atoms with van der Waals surface area (Å²) >= 11 is 0. The maximum Gasteiger partial charge on any atom is 0.251 e. The van der Waals surface area contributed by atoms with E-state index in [1.54, 1.807) is 30.3 Å². The van der Waals surface area contributed by atoms with E-state index in [0.717, 1.165) is 6.20 Å². The highest BCUT2D eigenvalue weighted by Gasteiger charge is 2.16. The van der Waals surface area contributed by atoms with Crippen molar-refractivity contribution in [3.63, 3.8) is 0 Å². The molecule has 1 amide bonds. The van der Waals surface area contributed by atoms with E-state index in [-0.39, 0.29) is 12.0 Å². The van der Waals surface area contributed by atoms with Crippen molar-refractivity contribution in [2.75, 3.05) is 26.4 Å². The summed E-state index contributed by atoms with van der Waals surface area (Å²) in [6.45, 7) is 1.98. The van der Waals surface area contributed by atoms with Gasteiger partial charge in [0.15, 0.2) is 0 Å². The third kappa shape index (κ3) is 3.91. The molecule has 1 aliphatic rings. The Morgan fingerprint density at radius 2 is 2.26 bits per heavy atom. The number of halogens is 1. The predicted octanol–water partition coefficient (Wildman–Crippen LogP) is 2.03. The van der Waals surface area contributed by atoms with Crippen LogP contribution in [0.1, 0.15) is 10.4 Å². The summed E-state index contributed by atoms with van der Waals surface area (Å²) in [7, 11) is 0. The van der Waals surface area contributed by atoms with E-state index in [4.69, 9.17) is 9.47 Å². The molecule has 1 N–H and O–H groups in total. The van der Waals surface area contributed by atoms with Gasteiger partial charge >= 0.3 is 0 Å². The fourth-order valence-electron chi connectivity index (χ4n) is 2.40. The lowest BCUT2D eigenvalue weighted by Crippen LogP contribution is -2.39. The Labute approximate surface area is 133 Å². The standard InChI is InChI=1S/C17H17FN2O3/c18-16-10-19-5-4-15(16)12-2-1-3-13(8-12)17(21)20-9-14-11-22-6-7-23-14/h1-5,8,10,14H,6-7,9,11H2,(H,20,21). The highest BCUT2D eigenvalue weighted by Crippen LogP contribution is 2.22. The van der Waals surface area contributed by atoms with Crippen molar-refractivity contribution >= 4 is 5.91 Å². The van der Waals surface area contributed by atoms with Gasteiger partial charge in [-0.1, -0.05) is 12.1 Å². The molecule has 1 fully saturated rings. The molecule has 0 bridgehead atoms. The van der Waals surface area contributed by atoms with E-state index in [2.05, 4.69) is 10.3 Å². The molecule has 3 rings (SSSR count). The third-order valence-corrected chi connectivity index (χ3v) is 3.58. The minimum absolute atomic E-state index is 0.131. The Morgan fingerprint density at radius 1 is 1.35 bits per heavy atom. The molecule has 1 saturated heterocycles. The molecule has 0 saturated carbocycles. The van der Waals surface area contributed by atoms with Crippen molar-refractivity contribution in [1.29, 1.82) is 0 Å². The van der Waals surface area contributed by atoms with Gasteiger partial charge < -0.3 is 14.8 Å². The maximum absolute atomic E-state index is 13.8. The van der Waals surface area contributed by atoms with Gasteiger partial charge in [0.05, 0.1) is 32.1 Å². The van der Waals surface area contributed by atoms with Crippen LogP contribution in [0.5, 0.6) is 0 Å². The fourth-order valence-corrected chi connectivity index (χ4v) is 2.40. The lowest BCUT2D eigenvalue weighted by Gasteiger charge is -2.23. The van der Waals surface area contributed by atoms with E-state index in [0.29, 0.717) is 43.1 Å². The SMILES string of the molecule is O=C(NCC1COCCO1)c1cccc(-c2ccncc2F)c1. The average Bonchev–Trinajstić information content (AvgIpc) is 2.61. The van der Waals surface area contributed by atoms with Gasteiger partial charge in [-0.05, 0) is 23.8 Å². The van der Waals surface area contributed by atoms with Crippen molar-refractivity contribution in [3.05, 3.63) is 54.1 Å². The molecule has 120 valence electrons. The number of benzene rings is 1. The number of carbonyl (C=O) groups is 1. The summed E-state index contributed by atoms with van der Waals surface area (Å²) in [4.78, 5) is 16.0. The van der Waals surface area contributed by atoms with Crippen molar-refractivity contribution in [3.8, 4) is 11.1 Å². The molecule has 1 aromatic heterocycles. The molecular weight excluding hydrogens is 299 g/mol. The third-order valence-electron chi connectivity index (χ3n) is 3.58. The molecular formula is C17H17FN2O3. The van der Waals surface area contributed by atoms with E-state index in [9.17, 15) is 9.18 Å². The van der Waals surface area contributed by atoms with E-state index in [1.807, 2.05) is 0 Å². The van der Waals surface area contributed by atoms with Gasteiger partial charge in [0.1, 0.15) is 5.82 Å². The van der Waals surface area contributed by atoms with Crippen LogP contribution in [-0.2, 0) is 9.47 Å². The van der Waals surface area contributed by atoms with Gasteiger partial charge in [0, 0.05) is 23.9 Å². The number of rotatable bonds is 4. The number of carbonyl (C=O) groups excluding carboxylic acids is 1. The second-order valence-corrected chi connectivity index (χ2v) is 5.21. The molecule has 6 heteroatoms. The number of aromatic nitrogens is 1. The van der Waals surface area contributed by atoms with Gasteiger partial charge in [-0.3, -0.25) is 9.78 Å². The largest absolute Gasteiger partial charge is 0.376 e. The fraction of sp³-hybridized carbons (Fsp3) is 0.294. The first kappa shape index (κ1) is 15.6. The average molecular weight is 316 g/mol. The Hall–Kier alpha value is -2.31. The minimum Gasteiger partial charge on any atom is -0.376 e. The monoisotopic (exact) mass is 316 g/mol. The molecule has 1 atom stereocenters. The van der Waals surface area contributed by atoms with Crippen LogP contribution in [0, 0.1) is 5.82 Å². The lowest BCUT2D eigenvalue weighted by atomic mass is 10.0. The second-order valence-electron chi connectivity index (χ2n) is 5.21. The molecule has 2 aromatic rings. The highest BCUT2D eigenvalue weighted by molar-refractivity contribution is 5.95. The number of hydrogen-bond acceptors (Lipinski definition) is 4. The van der Waals surface area contributed by atoms with E-state index >= 15 is 0 Å². The van der Waals surface area contributed by atoms with Crippen LogP contribution in [0.25, 0.3) is 11.1 Å². The smallest absolute Gasteiger partial charge is 0.251 e. The van der Waals surface area contributed by atoms with Gasteiger partial charge in [0.25, 0.3) is 5.91 Å². The topological polar surface area (TPSA) is 60.5 Å². The Bertz CT molecular complexity index is 687. The predicted molar refractivity (Wildman–Crippen MR) is 82.5 cm³/mol. The number of nitrogens with one attached hydrogen (secondary N) is 1. The number of ether oxygens (including phenoxy) is 2. The molecule has 1 aromatic carbocycles. The van der Waals surface area contributed by atoms with Gasteiger partial charge in [0.2, 0.25) is 0 Å². The normalized spacial score (nSPS) is 17.7. The molecule has 5 nitrogen and oxygen atoms in total. The van der Waals surface area contributed by atoms with Crippen LogP contribution in [0.3, 0.4) is 0 Å². The Balaban J connectivity index is 1.69. The van der Waals surface area contributed by atoms with E-state index in [1.165, 1.54) is 6.20 Å². The summed E-state index contributed by atoms with van der Waals surface area (Å²) in [6.07, 6.45) is 2.54. The van der Waals surface area contributed by atoms with Gasteiger partial charge in [-0.15, -0.1) is 0 Å². The number of hydrogen-bond donors (Lipinski definition) is 1. The lowest BCUT2D eigenvalue weighted by molar-refractivity contribution is -0.0855. The molecule has 23 heavy (non-hydrogen) atoms. The number of nitrogens with zero attached hydrogens (tertiary/aromatic N) is 1. The summed E-state index contributed by atoms with van der Waals surface area (Å²) < 4.78 is 24.6. The number of amides is 1. The van der Waals surface area contributed by atoms with Crippen LogP contribution in [0.4, 0.5) is 4.39 Å². The van der Waals surface area contributed by atoms with Crippen LogP contribution in [0.15, 0.2) is 42.7 Å². The second kappa shape index (κ2) is 7.30. The van der Waals surface area contributed by atoms with Crippen molar-refractivity contribution in [2.24, 2.45) is 0 Å². The molecule has 0 radical (unpaired) electrons. The van der Waals surface area contributed by atoms with Gasteiger partial charge in [-0.25, -0.2) is 4.39 Å². The van der Waals surface area contributed by atoms with Crippen molar-refractivity contribution in [1.82, 2.24) is 10.3 Å². The molecule has 1 unspecified atom stereocenters. The first-order valence-corrected chi connectivity index (χ1v) is 7.41. The zero-order valence-electron chi connectivity index (χ0n) is 12.5. The maximum atomic E-state index is 13.8. The molecule has 1 aliphatic heterocycles. The van der Waals surface area contributed by atoms with Crippen LogP contribution in [0.2, 0.25) is 0 Å². The Kier molecular flexibility index (Phi) is 4.95. The zero-order chi connectivity index (χ0) is 16.1. The first-order valence-electron chi connectivity index (χ1n) is 7.41. The highest BCUT2D eigenvalue weighted by atomic mass is 19.1. The quantitative estimate of drug-likeness (QED) is 0.937. The van der Waals surface area contributed by atoms with Gasteiger partial charge in [-0.2, -0.15) is 0 Å². The minimum atomic E-state index is -0.419. The van der Waals surface area contributed by atoms with Crippen LogP contribution >= 0.6 is 0 Å². The summed E-state index contributed by atoms with van der Waals surface area (Å²) in [5.41, 5.74) is 1.52. The van der Waals surface area contributed by atoms with Crippen molar-refractivity contribution in [2.45, 2.75) is 6.10 Å². The molecule has 2 heterocycles. The van der Waals surface area contributed by atoms with Crippen molar-refractivity contribution < 1.29 is 18.7 Å². The van der Waals surface area contributed by atoms with Crippen LogP contribution < -0.4 is 5.32 Å². The first-order chi connectivity index (χ1) is 11.2. The number of pyridine rings is 1. The Morgan fingerprint density at radius 3 is 3.04 bits per heavy atom. The summed E-state index contributed by atoms with van der Waals surface area (Å²) in [6, 6.07) is 8.42. The summed E-state index contributed by atoms with van der Waals surface area (Å²) in [5.74, 6) is -0.645. The van der Waals surface area contributed by atoms with Crippen LogP contribution in [-0.4, -0.2) is 43.4 Å².